The number of nitrogens with zero attached hydrogens (tertiary/aromatic N) is 1. The summed E-state index contributed by atoms with van der Waals surface area (Å²) in [5.41, 5.74) is 2.89. The van der Waals surface area contributed by atoms with E-state index in [4.69, 9.17) is 0 Å². The molecule has 0 aliphatic carbocycles. The summed E-state index contributed by atoms with van der Waals surface area (Å²) >= 11 is -2.31. The van der Waals surface area contributed by atoms with Crippen molar-refractivity contribution >= 4 is 11.3 Å². The van der Waals surface area contributed by atoms with Crippen molar-refractivity contribution < 1.29 is 13.2 Å². The second kappa shape index (κ2) is 5.44. The van der Waals surface area contributed by atoms with Gasteiger partial charge in [0.15, 0.2) is 0 Å². The molecule has 1 unspecified atom stereocenters. The van der Waals surface area contributed by atoms with E-state index < -0.39 is 11.3 Å². The first kappa shape index (κ1) is 13.4. The molecular formula is C15H13FNO2S-. The quantitative estimate of drug-likeness (QED) is 0.798. The molecule has 0 N–H and O–H groups in total. The normalized spacial score (nSPS) is 20.4. The number of hydrogen-bond acceptors (Lipinski definition) is 2. The van der Waals surface area contributed by atoms with E-state index in [0.717, 1.165) is 16.7 Å². The topological polar surface area (TPSA) is 43.4 Å². The molecule has 3 rings (SSSR count). The van der Waals surface area contributed by atoms with Crippen molar-refractivity contribution in [1.82, 2.24) is 4.31 Å². The molecule has 0 spiro atoms. The highest BCUT2D eigenvalue weighted by molar-refractivity contribution is 7.76. The van der Waals surface area contributed by atoms with Crippen molar-refractivity contribution in [2.75, 3.05) is 6.54 Å². The van der Waals surface area contributed by atoms with Crippen LogP contribution >= 0.6 is 0 Å². The van der Waals surface area contributed by atoms with Crippen molar-refractivity contribution in [3.8, 4) is 0 Å². The van der Waals surface area contributed by atoms with E-state index in [1.807, 2.05) is 24.3 Å². The van der Waals surface area contributed by atoms with Crippen LogP contribution in [0.4, 0.5) is 4.39 Å². The number of halogens is 1. The summed E-state index contributed by atoms with van der Waals surface area (Å²) < 4.78 is 37.4. The summed E-state index contributed by atoms with van der Waals surface area (Å²) in [5, 5.41) is 0. The molecule has 5 heteroatoms. The lowest BCUT2D eigenvalue weighted by Crippen LogP contribution is -2.37. The molecule has 0 amide bonds. The van der Waals surface area contributed by atoms with Crippen LogP contribution in [0.3, 0.4) is 0 Å². The van der Waals surface area contributed by atoms with Crippen LogP contribution in [0.2, 0.25) is 0 Å². The molecule has 3 nitrogen and oxygen atoms in total. The van der Waals surface area contributed by atoms with E-state index in [-0.39, 0.29) is 11.9 Å². The smallest absolute Gasteiger partial charge is 0.123 e. The number of benzene rings is 2. The maximum atomic E-state index is 13.1. The Morgan fingerprint density at radius 3 is 2.55 bits per heavy atom. The van der Waals surface area contributed by atoms with Crippen LogP contribution in [0.15, 0.2) is 48.5 Å². The summed E-state index contributed by atoms with van der Waals surface area (Å²) in [6.07, 6.45) is 0.696. The average molecular weight is 290 g/mol. The summed E-state index contributed by atoms with van der Waals surface area (Å²) in [4.78, 5) is 0. The van der Waals surface area contributed by atoms with Gasteiger partial charge in [-0.2, -0.15) is 0 Å². The first-order valence-electron chi connectivity index (χ1n) is 6.36. The van der Waals surface area contributed by atoms with Crippen molar-refractivity contribution in [3.05, 3.63) is 71.0 Å². The second-order valence-corrected chi connectivity index (χ2v) is 5.66. The molecule has 1 aliphatic rings. The van der Waals surface area contributed by atoms with Crippen molar-refractivity contribution in [2.24, 2.45) is 0 Å². The van der Waals surface area contributed by atoms with Gasteiger partial charge in [0.25, 0.3) is 0 Å². The zero-order valence-electron chi connectivity index (χ0n) is 10.7. The molecule has 0 fully saturated rings. The fourth-order valence-electron chi connectivity index (χ4n) is 2.69. The first-order valence-corrected chi connectivity index (χ1v) is 7.39. The molecule has 104 valence electrons. The van der Waals surface area contributed by atoms with Gasteiger partial charge in [0, 0.05) is 17.8 Å². The molecule has 0 saturated heterocycles. The minimum Gasteiger partial charge on any atom is -0.760 e. The molecule has 2 aromatic carbocycles. The summed E-state index contributed by atoms with van der Waals surface area (Å²) in [6, 6.07) is 13.4. The zero-order chi connectivity index (χ0) is 14.1. The van der Waals surface area contributed by atoms with Gasteiger partial charge in [0.1, 0.15) is 5.82 Å². The fourth-order valence-corrected chi connectivity index (χ4v) is 3.34. The summed E-state index contributed by atoms with van der Waals surface area (Å²) in [5.74, 6) is -0.326. The molecular weight excluding hydrogens is 277 g/mol. The Kier molecular flexibility index (Phi) is 3.65. The predicted molar refractivity (Wildman–Crippen MR) is 74.0 cm³/mol. The van der Waals surface area contributed by atoms with E-state index in [1.165, 1.54) is 16.4 Å². The maximum absolute atomic E-state index is 13.1. The van der Waals surface area contributed by atoms with E-state index in [0.29, 0.717) is 13.0 Å². The van der Waals surface area contributed by atoms with Gasteiger partial charge >= 0.3 is 0 Å². The lowest BCUT2D eigenvalue weighted by molar-refractivity contribution is 0.329. The molecule has 0 bridgehead atoms. The lowest BCUT2D eigenvalue weighted by atomic mass is 9.90. The maximum Gasteiger partial charge on any atom is 0.123 e. The van der Waals surface area contributed by atoms with Gasteiger partial charge in [0.05, 0.1) is 6.04 Å². The van der Waals surface area contributed by atoms with Crippen LogP contribution in [0.5, 0.6) is 0 Å². The van der Waals surface area contributed by atoms with Gasteiger partial charge in [-0.3, -0.25) is 4.21 Å². The van der Waals surface area contributed by atoms with Crippen LogP contribution in [-0.2, 0) is 17.7 Å². The Balaban J connectivity index is 2.11. The highest BCUT2D eigenvalue weighted by Crippen LogP contribution is 2.35. The van der Waals surface area contributed by atoms with E-state index >= 15 is 0 Å². The highest BCUT2D eigenvalue weighted by Gasteiger charge is 2.29. The van der Waals surface area contributed by atoms with E-state index in [1.54, 1.807) is 12.1 Å². The molecule has 1 heterocycles. The van der Waals surface area contributed by atoms with E-state index in [2.05, 4.69) is 0 Å². The van der Waals surface area contributed by atoms with Gasteiger partial charge in [-0.05, 0) is 35.2 Å². The largest absolute Gasteiger partial charge is 0.760 e. The minimum absolute atomic E-state index is 0.326. The number of fused-ring (bicyclic) bond motifs is 1. The molecule has 2 atom stereocenters. The van der Waals surface area contributed by atoms with Gasteiger partial charge in [-0.1, -0.05) is 36.4 Å². The summed E-state index contributed by atoms with van der Waals surface area (Å²) in [7, 11) is 0. The van der Waals surface area contributed by atoms with Gasteiger partial charge in [-0.15, -0.1) is 0 Å². The van der Waals surface area contributed by atoms with Crippen molar-refractivity contribution in [1.29, 1.82) is 0 Å². The molecule has 0 aromatic heterocycles. The Morgan fingerprint density at radius 2 is 1.85 bits per heavy atom. The molecule has 20 heavy (non-hydrogen) atoms. The van der Waals surface area contributed by atoms with Crippen molar-refractivity contribution in [3.63, 3.8) is 0 Å². The number of hydrogen-bond donors (Lipinski definition) is 0. The van der Waals surface area contributed by atoms with Gasteiger partial charge < -0.3 is 4.55 Å². The van der Waals surface area contributed by atoms with Gasteiger partial charge in [-0.25, -0.2) is 8.70 Å². The third-order valence-corrected chi connectivity index (χ3v) is 4.39. The Morgan fingerprint density at radius 1 is 1.15 bits per heavy atom. The lowest BCUT2D eigenvalue weighted by Gasteiger charge is -2.38. The molecule has 0 radical (unpaired) electrons. The SMILES string of the molecule is O=S([O-])N1CCc2ccccc2[C@@H]1c1ccc(F)cc1. The molecule has 0 saturated carbocycles. The second-order valence-electron chi connectivity index (χ2n) is 4.76. The number of rotatable bonds is 2. The van der Waals surface area contributed by atoms with Crippen molar-refractivity contribution in [2.45, 2.75) is 12.5 Å². The van der Waals surface area contributed by atoms with Crippen LogP contribution in [0.25, 0.3) is 0 Å². The Labute approximate surface area is 119 Å². The summed E-state index contributed by atoms with van der Waals surface area (Å²) in [6.45, 7) is 0.440. The third-order valence-electron chi connectivity index (χ3n) is 3.62. The predicted octanol–water partition coefficient (Wildman–Crippen LogP) is 2.57. The molecule has 2 aromatic rings. The monoisotopic (exact) mass is 290 g/mol. The third kappa shape index (κ3) is 2.40. The van der Waals surface area contributed by atoms with Crippen LogP contribution < -0.4 is 0 Å². The Bertz CT molecular complexity index is 645. The fraction of sp³-hybridized carbons (Fsp3) is 0.200. The Hall–Kier alpha value is -1.56. The average Bonchev–Trinajstić information content (AvgIpc) is 2.47. The van der Waals surface area contributed by atoms with E-state index in [9.17, 15) is 13.2 Å². The van der Waals surface area contributed by atoms with Crippen LogP contribution in [0.1, 0.15) is 22.7 Å². The van der Waals surface area contributed by atoms with Gasteiger partial charge in [0.2, 0.25) is 0 Å². The first-order chi connectivity index (χ1) is 9.66. The standard InChI is InChI=1S/C15H14FNO2S/c16-13-7-5-12(6-8-13)15-14-4-2-1-3-11(14)9-10-17(15)20(18)19/h1-8,15H,9-10H2,(H,18,19)/p-1/t15-/m0/s1. The zero-order valence-corrected chi connectivity index (χ0v) is 11.5. The van der Waals surface area contributed by atoms with Crippen LogP contribution in [-0.4, -0.2) is 19.6 Å². The highest BCUT2D eigenvalue weighted by atomic mass is 32.2. The minimum atomic E-state index is -2.31. The molecule has 1 aliphatic heterocycles. The van der Waals surface area contributed by atoms with Crippen LogP contribution in [0, 0.1) is 5.82 Å².